The molecule has 0 fully saturated rings. The van der Waals surface area contributed by atoms with E-state index in [1.54, 1.807) is 36.4 Å². The van der Waals surface area contributed by atoms with Gasteiger partial charge in [-0.3, -0.25) is 9.59 Å². The molecule has 2 heterocycles. The van der Waals surface area contributed by atoms with Crippen molar-refractivity contribution in [3.8, 4) is 5.75 Å². The highest BCUT2D eigenvalue weighted by molar-refractivity contribution is 6.35. The topological polar surface area (TPSA) is 85.5 Å². The van der Waals surface area contributed by atoms with Gasteiger partial charge in [-0.1, -0.05) is 12.1 Å². The number of nitrogens with zero attached hydrogens (tertiary/aromatic N) is 3. The molecule has 0 atom stereocenters. The molecule has 2 aromatic carbocycles. The average Bonchev–Trinajstić information content (AvgIpc) is 3.12. The number of amides is 2. The van der Waals surface area contributed by atoms with E-state index in [4.69, 9.17) is 9.37 Å². The zero-order valence-corrected chi connectivity index (χ0v) is 11.4. The Labute approximate surface area is 124 Å². The highest BCUT2D eigenvalue weighted by atomic mass is 16.6. The molecule has 1 aliphatic rings. The van der Waals surface area contributed by atoms with Crippen LogP contribution in [-0.4, -0.2) is 29.2 Å². The lowest BCUT2D eigenvalue weighted by molar-refractivity contribution is 0.0926. The Morgan fingerprint density at radius 3 is 2.23 bits per heavy atom. The van der Waals surface area contributed by atoms with Gasteiger partial charge in [-0.2, -0.15) is 0 Å². The number of carbonyl (C=O) groups excluding carboxylic acids is 2. The molecule has 0 saturated carbocycles. The van der Waals surface area contributed by atoms with E-state index in [-0.39, 0.29) is 0 Å². The summed E-state index contributed by atoms with van der Waals surface area (Å²) < 4.78 is 9.89. The van der Waals surface area contributed by atoms with Crippen molar-refractivity contribution in [1.29, 1.82) is 0 Å². The van der Waals surface area contributed by atoms with Gasteiger partial charge in [0.2, 0.25) is 0 Å². The molecule has 1 aliphatic heterocycles. The largest absolute Gasteiger partial charge is 0.494 e. The predicted molar refractivity (Wildman–Crippen MR) is 75.9 cm³/mol. The van der Waals surface area contributed by atoms with Crippen LogP contribution in [-0.2, 0) is 0 Å². The number of methoxy groups -OCH3 is 1. The van der Waals surface area contributed by atoms with Crippen molar-refractivity contribution in [1.82, 2.24) is 10.3 Å². The van der Waals surface area contributed by atoms with Gasteiger partial charge in [-0.05, 0) is 34.6 Å². The fourth-order valence-electron chi connectivity index (χ4n) is 2.58. The quantitative estimate of drug-likeness (QED) is 0.672. The third-order valence-corrected chi connectivity index (χ3v) is 3.61. The van der Waals surface area contributed by atoms with E-state index in [1.165, 1.54) is 7.11 Å². The van der Waals surface area contributed by atoms with Crippen LogP contribution in [0.3, 0.4) is 0 Å². The number of hydrogen-bond acceptors (Lipinski definition) is 6. The van der Waals surface area contributed by atoms with Crippen molar-refractivity contribution < 1.29 is 19.0 Å². The summed E-state index contributed by atoms with van der Waals surface area (Å²) in [6.07, 6.45) is 0. The number of benzene rings is 2. The van der Waals surface area contributed by atoms with E-state index in [0.717, 1.165) is 4.90 Å². The fourth-order valence-corrected chi connectivity index (χ4v) is 2.58. The first-order valence-electron chi connectivity index (χ1n) is 6.49. The molecular formula is C15H9N3O4. The number of rotatable bonds is 2. The standard InChI is InChI=1S/C15H9N3O4/c1-21-11-7-6-10(12-13(11)17-22-16-12)18-14(19)8-4-2-3-5-9(8)15(18)20/h2-7H,1H3. The second-order valence-corrected chi connectivity index (χ2v) is 4.74. The number of carbonyl (C=O) groups is 2. The molecule has 3 aromatic rings. The molecule has 7 nitrogen and oxygen atoms in total. The number of fused-ring (bicyclic) bond motifs is 2. The van der Waals surface area contributed by atoms with Crippen LogP contribution < -0.4 is 9.64 Å². The average molecular weight is 295 g/mol. The SMILES string of the molecule is COc1ccc(N2C(=O)c3ccccc3C2=O)c2nonc12. The number of hydrogen-bond donors (Lipinski definition) is 0. The lowest BCUT2D eigenvalue weighted by Gasteiger charge is -2.14. The number of imide groups is 1. The Kier molecular flexibility index (Phi) is 2.50. The molecule has 0 unspecified atom stereocenters. The van der Waals surface area contributed by atoms with Gasteiger partial charge in [0.1, 0.15) is 0 Å². The summed E-state index contributed by atoms with van der Waals surface area (Å²) in [5, 5.41) is 7.55. The van der Waals surface area contributed by atoms with Crippen LogP contribution in [0.5, 0.6) is 5.75 Å². The van der Waals surface area contributed by atoms with Crippen LogP contribution in [0.1, 0.15) is 20.7 Å². The summed E-state index contributed by atoms with van der Waals surface area (Å²) >= 11 is 0. The summed E-state index contributed by atoms with van der Waals surface area (Å²) in [5.74, 6) is -0.332. The molecule has 0 saturated heterocycles. The zero-order valence-electron chi connectivity index (χ0n) is 11.4. The van der Waals surface area contributed by atoms with E-state index in [1.807, 2.05) is 0 Å². The van der Waals surface area contributed by atoms with Crippen molar-refractivity contribution in [2.45, 2.75) is 0 Å². The molecule has 1 aromatic heterocycles. The summed E-state index contributed by atoms with van der Waals surface area (Å²) in [6.45, 7) is 0. The zero-order chi connectivity index (χ0) is 15.3. The first-order valence-corrected chi connectivity index (χ1v) is 6.49. The number of anilines is 1. The van der Waals surface area contributed by atoms with Gasteiger partial charge >= 0.3 is 0 Å². The third-order valence-electron chi connectivity index (χ3n) is 3.61. The molecule has 0 aliphatic carbocycles. The maximum absolute atomic E-state index is 12.5. The molecule has 0 spiro atoms. The minimum atomic E-state index is -0.393. The van der Waals surface area contributed by atoms with Gasteiger partial charge in [0, 0.05) is 0 Å². The molecule has 108 valence electrons. The summed E-state index contributed by atoms with van der Waals surface area (Å²) in [5.41, 5.74) is 1.72. The van der Waals surface area contributed by atoms with E-state index >= 15 is 0 Å². The molecule has 7 heteroatoms. The van der Waals surface area contributed by atoms with E-state index < -0.39 is 11.8 Å². The number of ether oxygens (including phenoxy) is 1. The van der Waals surface area contributed by atoms with E-state index in [0.29, 0.717) is 33.6 Å². The maximum Gasteiger partial charge on any atom is 0.266 e. The van der Waals surface area contributed by atoms with Crippen molar-refractivity contribution >= 4 is 28.5 Å². The van der Waals surface area contributed by atoms with E-state index in [9.17, 15) is 9.59 Å². The Balaban J connectivity index is 1.93. The predicted octanol–water partition coefficient (Wildman–Crippen LogP) is 2.03. The van der Waals surface area contributed by atoms with Crippen molar-refractivity contribution in [2.24, 2.45) is 0 Å². The molecule has 0 radical (unpaired) electrons. The second kappa shape index (κ2) is 4.39. The Morgan fingerprint density at radius 1 is 0.955 bits per heavy atom. The van der Waals surface area contributed by atoms with Crippen molar-refractivity contribution in [3.63, 3.8) is 0 Å². The second-order valence-electron chi connectivity index (χ2n) is 4.74. The van der Waals surface area contributed by atoms with Crippen LogP contribution in [0.15, 0.2) is 41.0 Å². The first kappa shape index (κ1) is 12.5. The highest BCUT2D eigenvalue weighted by Gasteiger charge is 2.38. The number of aromatic nitrogens is 2. The molecule has 2 amide bonds. The van der Waals surface area contributed by atoms with E-state index in [2.05, 4.69) is 10.3 Å². The normalized spacial score (nSPS) is 13.8. The van der Waals surface area contributed by atoms with Crippen LogP contribution in [0.2, 0.25) is 0 Å². The van der Waals surface area contributed by atoms with Crippen LogP contribution in [0.25, 0.3) is 11.0 Å². The smallest absolute Gasteiger partial charge is 0.266 e. The minimum Gasteiger partial charge on any atom is -0.494 e. The maximum atomic E-state index is 12.5. The van der Waals surface area contributed by atoms with Crippen molar-refractivity contribution in [2.75, 3.05) is 12.0 Å². The first-order chi connectivity index (χ1) is 10.7. The van der Waals surface area contributed by atoms with Crippen molar-refractivity contribution in [3.05, 3.63) is 47.5 Å². The van der Waals surface area contributed by atoms with Gasteiger partial charge in [-0.15, -0.1) is 0 Å². The van der Waals surface area contributed by atoms with Gasteiger partial charge in [-0.25, -0.2) is 9.53 Å². The monoisotopic (exact) mass is 295 g/mol. The highest BCUT2D eigenvalue weighted by Crippen LogP contribution is 2.35. The third kappa shape index (κ3) is 1.50. The van der Waals surface area contributed by atoms with Crippen LogP contribution in [0.4, 0.5) is 5.69 Å². The summed E-state index contributed by atoms with van der Waals surface area (Å²) in [4.78, 5) is 26.1. The minimum absolute atomic E-state index is 0.300. The Morgan fingerprint density at radius 2 is 1.59 bits per heavy atom. The van der Waals surface area contributed by atoms with Gasteiger partial charge in [0.05, 0.1) is 23.9 Å². The Hall–Kier alpha value is -3.22. The van der Waals surface area contributed by atoms with Gasteiger partial charge in [0.25, 0.3) is 11.8 Å². The van der Waals surface area contributed by atoms with Crippen LogP contribution in [0, 0.1) is 0 Å². The van der Waals surface area contributed by atoms with Crippen LogP contribution >= 0.6 is 0 Å². The summed E-state index contributed by atoms with van der Waals surface area (Å²) in [6, 6.07) is 9.89. The molecule has 4 rings (SSSR count). The van der Waals surface area contributed by atoms with Gasteiger partial charge < -0.3 is 4.74 Å². The lowest BCUT2D eigenvalue weighted by Crippen LogP contribution is -2.29. The molecule has 0 bridgehead atoms. The Bertz CT molecular complexity index is 896. The molecule has 0 N–H and O–H groups in total. The van der Waals surface area contributed by atoms with Gasteiger partial charge in [0.15, 0.2) is 16.8 Å². The fraction of sp³-hybridized carbons (Fsp3) is 0.0667. The summed E-state index contributed by atoms with van der Waals surface area (Å²) in [7, 11) is 1.49. The molecular weight excluding hydrogens is 286 g/mol. The lowest BCUT2D eigenvalue weighted by atomic mass is 10.1. The molecule has 22 heavy (non-hydrogen) atoms.